The summed E-state index contributed by atoms with van der Waals surface area (Å²) in [6, 6.07) is 12.2. The van der Waals surface area contributed by atoms with E-state index in [9.17, 15) is 18.0 Å². The first-order valence-corrected chi connectivity index (χ1v) is 7.61. The number of aromatic nitrogens is 2. The standard InChI is InChI=1S/C18H13F3N4O/c19-12-5-2-1-4-11(12)10-17(26)22-15-8-9-16(25-24-15)23-18-13(20)6-3-7-14(18)21/h1-9H,10H2,(H,23,25)(H,22,24,26). The summed E-state index contributed by atoms with van der Waals surface area (Å²) in [7, 11) is 0. The Balaban J connectivity index is 1.64. The van der Waals surface area contributed by atoms with Crippen LogP contribution in [-0.2, 0) is 11.2 Å². The van der Waals surface area contributed by atoms with Gasteiger partial charge in [-0.1, -0.05) is 24.3 Å². The number of benzene rings is 2. The average Bonchev–Trinajstić information content (AvgIpc) is 2.62. The van der Waals surface area contributed by atoms with Crippen LogP contribution in [0.3, 0.4) is 0 Å². The Hall–Kier alpha value is -3.42. The van der Waals surface area contributed by atoms with Crippen molar-refractivity contribution in [2.24, 2.45) is 0 Å². The molecule has 0 aliphatic carbocycles. The highest BCUT2D eigenvalue weighted by Crippen LogP contribution is 2.22. The molecule has 0 aliphatic heterocycles. The lowest BCUT2D eigenvalue weighted by Gasteiger charge is -2.08. The van der Waals surface area contributed by atoms with E-state index < -0.39 is 23.4 Å². The summed E-state index contributed by atoms with van der Waals surface area (Å²) in [6.45, 7) is 0. The molecule has 0 radical (unpaired) electrons. The summed E-state index contributed by atoms with van der Waals surface area (Å²) in [6.07, 6.45) is -0.158. The van der Waals surface area contributed by atoms with Crippen molar-refractivity contribution in [3.05, 3.63) is 77.6 Å². The molecule has 132 valence electrons. The van der Waals surface area contributed by atoms with E-state index in [0.717, 1.165) is 12.1 Å². The summed E-state index contributed by atoms with van der Waals surface area (Å²) >= 11 is 0. The summed E-state index contributed by atoms with van der Waals surface area (Å²) in [5.74, 6) is -2.25. The number of anilines is 3. The predicted octanol–water partition coefficient (Wildman–Crippen LogP) is 3.82. The topological polar surface area (TPSA) is 66.9 Å². The molecule has 0 unspecified atom stereocenters. The number of carbonyl (C=O) groups is 1. The van der Waals surface area contributed by atoms with Gasteiger partial charge in [0.25, 0.3) is 0 Å². The van der Waals surface area contributed by atoms with E-state index in [-0.39, 0.29) is 29.3 Å². The molecule has 0 spiro atoms. The number of nitrogens with one attached hydrogen (secondary N) is 2. The second-order valence-corrected chi connectivity index (χ2v) is 5.34. The number of hydrogen-bond acceptors (Lipinski definition) is 4. The Morgan fingerprint density at radius 3 is 2.08 bits per heavy atom. The van der Waals surface area contributed by atoms with Gasteiger partial charge in [0.05, 0.1) is 6.42 Å². The van der Waals surface area contributed by atoms with Gasteiger partial charge in [-0.2, -0.15) is 0 Å². The third kappa shape index (κ3) is 4.15. The zero-order valence-corrected chi connectivity index (χ0v) is 13.3. The maximum atomic E-state index is 13.6. The van der Waals surface area contributed by atoms with Crippen molar-refractivity contribution >= 4 is 23.2 Å². The third-order valence-electron chi connectivity index (χ3n) is 3.46. The predicted molar refractivity (Wildman–Crippen MR) is 90.4 cm³/mol. The van der Waals surface area contributed by atoms with Crippen molar-refractivity contribution in [1.29, 1.82) is 0 Å². The number of nitrogens with zero attached hydrogens (tertiary/aromatic N) is 2. The molecule has 2 N–H and O–H groups in total. The van der Waals surface area contributed by atoms with E-state index in [1.165, 1.54) is 36.4 Å². The molecule has 0 saturated heterocycles. The fourth-order valence-corrected chi connectivity index (χ4v) is 2.21. The van der Waals surface area contributed by atoms with Crippen molar-refractivity contribution in [3.63, 3.8) is 0 Å². The van der Waals surface area contributed by atoms with Gasteiger partial charge in [-0.15, -0.1) is 10.2 Å². The Labute approximate surface area is 146 Å². The summed E-state index contributed by atoms with van der Waals surface area (Å²) in [5.41, 5.74) is -0.0931. The van der Waals surface area contributed by atoms with Crippen LogP contribution in [0.25, 0.3) is 0 Å². The quantitative estimate of drug-likeness (QED) is 0.728. The van der Waals surface area contributed by atoms with E-state index in [1.807, 2.05) is 0 Å². The van der Waals surface area contributed by atoms with Crippen LogP contribution >= 0.6 is 0 Å². The number of rotatable bonds is 5. The average molecular weight is 358 g/mol. The highest BCUT2D eigenvalue weighted by molar-refractivity contribution is 5.91. The van der Waals surface area contributed by atoms with Gasteiger partial charge in [0.2, 0.25) is 5.91 Å². The summed E-state index contributed by atoms with van der Waals surface area (Å²) < 4.78 is 40.7. The van der Waals surface area contributed by atoms with E-state index in [0.29, 0.717) is 0 Å². The monoisotopic (exact) mass is 358 g/mol. The summed E-state index contributed by atoms with van der Waals surface area (Å²) in [5, 5.41) is 12.5. The Bertz CT molecular complexity index is 912. The third-order valence-corrected chi connectivity index (χ3v) is 3.46. The molecular formula is C18H13F3N4O. The Morgan fingerprint density at radius 2 is 1.42 bits per heavy atom. The number of halogens is 3. The van der Waals surface area contributed by atoms with Gasteiger partial charge in [0.1, 0.15) is 23.1 Å². The molecule has 0 atom stereocenters. The fourth-order valence-electron chi connectivity index (χ4n) is 2.21. The van der Waals surface area contributed by atoms with Gasteiger partial charge in [-0.3, -0.25) is 4.79 Å². The van der Waals surface area contributed by atoms with E-state index in [2.05, 4.69) is 20.8 Å². The van der Waals surface area contributed by atoms with Crippen LogP contribution in [-0.4, -0.2) is 16.1 Å². The molecule has 0 fully saturated rings. The van der Waals surface area contributed by atoms with Gasteiger partial charge >= 0.3 is 0 Å². The first-order chi connectivity index (χ1) is 12.5. The zero-order chi connectivity index (χ0) is 18.5. The van der Waals surface area contributed by atoms with Crippen molar-refractivity contribution in [1.82, 2.24) is 10.2 Å². The van der Waals surface area contributed by atoms with Crippen molar-refractivity contribution in [3.8, 4) is 0 Å². The molecule has 0 aliphatic rings. The number of hydrogen-bond donors (Lipinski definition) is 2. The second kappa shape index (κ2) is 7.64. The van der Waals surface area contributed by atoms with Gasteiger partial charge in [-0.25, -0.2) is 13.2 Å². The van der Waals surface area contributed by atoms with Crippen LogP contribution in [0.4, 0.5) is 30.5 Å². The van der Waals surface area contributed by atoms with Crippen LogP contribution in [0.1, 0.15) is 5.56 Å². The van der Waals surface area contributed by atoms with Gasteiger partial charge in [0, 0.05) is 0 Å². The maximum absolute atomic E-state index is 13.6. The molecule has 5 nitrogen and oxygen atoms in total. The zero-order valence-electron chi connectivity index (χ0n) is 13.3. The van der Waals surface area contributed by atoms with E-state index in [1.54, 1.807) is 6.07 Å². The van der Waals surface area contributed by atoms with Gasteiger partial charge < -0.3 is 10.6 Å². The minimum Gasteiger partial charge on any atom is -0.334 e. The smallest absolute Gasteiger partial charge is 0.230 e. The molecule has 0 saturated carbocycles. The highest BCUT2D eigenvalue weighted by Gasteiger charge is 2.11. The van der Waals surface area contributed by atoms with Crippen LogP contribution in [0.15, 0.2) is 54.6 Å². The first-order valence-electron chi connectivity index (χ1n) is 7.61. The largest absolute Gasteiger partial charge is 0.334 e. The molecule has 8 heteroatoms. The van der Waals surface area contributed by atoms with E-state index >= 15 is 0 Å². The molecule has 1 amide bonds. The van der Waals surface area contributed by atoms with Crippen LogP contribution in [0.2, 0.25) is 0 Å². The van der Waals surface area contributed by atoms with Crippen molar-refractivity contribution in [2.45, 2.75) is 6.42 Å². The molecule has 3 aromatic rings. The number of para-hydroxylation sites is 1. The minimum atomic E-state index is -0.769. The molecule has 2 aromatic carbocycles. The van der Waals surface area contributed by atoms with Crippen molar-refractivity contribution in [2.75, 3.05) is 10.6 Å². The fraction of sp³-hybridized carbons (Fsp3) is 0.0556. The maximum Gasteiger partial charge on any atom is 0.230 e. The van der Waals surface area contributed by atoms with Crippen molar-refractivity contribution < 1.29 is 18.0 Å². The number of amides is 1. The number of carbonyl (C=O) groups excluding carboxylic acids is 1. The first kappa shape index (κ1) is 17.4. The minimum absolute atomic E-state index is 0.0982. The van der Waals surface area contributed by atoms with Crippen LogP contribution in [0.5, 0.6) is 0 Å². The summed E-state index contributed by atoms with van der Waals surface area (Å²) in [4.78, 5) is 11.9. The Kier molecular flexibility index (Phi) is 5.12. The lowest BCUT2D eigenvalue weighted by Crippen LogP contribution is -2.16. The van der Waals surface area contributed by atoms with Crippen LogP contribution in [0, 0.1) is 17.5 Å². The highest BCUT2D eigenvalue weighted by atomic mass is 19.1. The van der Waals surface area contributed by atoms with Gasteiger partial charge in [-0.05, 0) is 35.9 Å². The Morgan fingerprint density at radius 1 is 0.808 bits per heavy atom. The molecule has 1 aromatic heterocycles. The lowest BCUT2D eigenvalue weighted by atomic mass is 10.1. The second-order valence-electron chi connectivity index (χ2n) is 5.34. The lowest BCUT2D eigenvalue weighted by molar-refractivity contribution is -0.115. The van der Waals surface area contributed by atoms with Gasteiger partial charge in [0.15, 0.2) is 11.6 Å². The molecule has 3 rings (SSSR count). The molecule has 1 heterocycles. The SMILES string of the molecule is O=C(Cc1ccccc1F)Nc1ccc(Nc2c(F)cccc2F)nn1. The molecule has 26 heavy (non-hydrogen) atoms. The molecular weight excluding hydrogens is 345 g/mol. The van der Waals surface area contributed by atoms with E-state index in [4.69, 9.17) is 0 Å². The molecule has 0 bridgehead atoms. The normalized spacial score (nSPS) is 10.4. The van der Waals surface area contributed by atoms with Crippen LogP contribution < -0.4 is 10.6 Å².